The SMILES string of the molecule is CC(C)(C)OC(=O)CCCC[C@H]1C[C@@H]1CO. The first-order valence-corrected chi connectivity index (χ1v) is 6.25. The zero-order chi connectivity index (χ0) is 12.2. The summed E-state index contributed by atoms with van der Waals surface area (Å²) < 4.78 is 5.22. The fraction of sp³-hybridized carbons (Fsp3) is 0.923. The topological polar surface area (TPSA) is 46.5 Å². The number of aliphatic hydroxyl groups excluding tert-OH is 1. The Hall–Kier alpha value is -0.570. The minimum absolute atomic E-state index is 0.0954. The van der Waals surface area contributed by atoms with E-state index in [9.17, 15) is 4.79 Å². The Morgan fingerprint density at radius 3 is 2.50 bits per heavy atom. The van der Waals surface area contributed by atoms with Gasteiger partial charge in [0, 0.05) is 13.0 Å². The molecule has 94 valence electrons. The van der Waals surface area contributed by atoms with Crippen molar-refractivity contribution in [2.75, 3.05) is 6.61 Å². The van der Waals surface area contributed by atoms with Gasteiger partial charge in [-0.05, 0) is 45.4 Å². The lowest BCUT2D eigenvalue weighted by Crippen LogP contribution is -2.23. The summed E-state index contributed by atoms with van der Waals surface area (Å²) >= 11 is 0. The Bertz CT molecular complexity index is 230. The molecule has 0 aliphatic heterocycles. The molecule has 0 aromatic carbocycles. The van der Waals surface area contributed by atoms with Crippen LogP contribution in [0.2, 0.25) is 0 Å². The summed E-state index contributed by atoms with van der Waals surface area (Å²) in [5.74, 6) is 1.16. The molecule has 1 aliphatic rings. The first-order chi connectivity index (χ1) is 7.42. The average molecular weight is 228 g/mol. The summed E-state index contributed by atoms with van der Waals surface area (Å²) in [6, 6.07) is 0. The largest absolute Gasteiger partial charge is 0.460 e. The van der Waals surface area contributed by atoms with Crippen molar-refractivity contribution in [2.45, 2.75) is 58.5 Å². The lowest BCUT2D eigenvalue weighted by atomic mass is 10.1. The zero-order valence-corrected chi connectivity index (χ0v) is 10.7. The minimum Gasteiger partial charge on any atom is -0.460 e. The molecular weight excluding hydrogens is 204 g/mol. The molecule has 0 heterocycles. The third-order valence-corrected chi connectivity index (χ3v) is 2.93. The van der Waals surface area contributed by atoms with E-state index in [4.69, 9.17) is 9.84 Å². The van der Waals surface area contributed by atoms with E-state index in [1.54, 1.807) is 0 Å². The molecule has 3 heteroatoms. The minimum atomic E-state index is -0.366. The maximum atomic E-state index is 11.4. The van der Waals surface area contributed by atoms with Crippen molar-refractivity contribution >= 4 is 5.97 Å². The molecule has 16 heavy (non-hydrogen) atoms. The van der Waals surface area contributed by atoms with E-state index in [2.05, 4.69) is 0 Å². The molecule has 0 unspecified atom stereocenters. The number of carbonyl (C=O) groups is 1. The van der Waals surface area contributed by atoms with E-state index in [1.165, 1.54) is 6.42 Å². The van der Waals surface area contributed by atoms with Crippen LogP contribution in [0.1, 0.15) is 52.9 Å². The van der Waals surface area contributed by atoms with Gasteiger partial charge in [0.25, 0.3) is 0 Å². The molecule has 0 aromatic rings. The summed E-state index contributed by atoms with van der Waals surface area (Å²) in [5.41, 5.74) is -0.366. The molecule has 1 rings (SSSR count). The molecule has 0 saturated heterocycles. The number of unbranched alkanes of at least 4 members (excludes halogenated alkanes) is 1. The lowest BCUT2D eigenvalue weighted by molar-refractivity contribution is -0.154. The van der Waals surface area contributed by atoms with Gasteiger partial charge in [0.05, 0.1) is 0 Å². The van der Waals surface area contributed by atoms with Crippen LogP contribution in [0.5, 0.6) is 0 Å². The van der Waals surface area contributed by atoms with Gasteiger partial charge in [-0.25, -0.2) is 0 Å². The van der Waals surface area contributed by atoms with Gasteiger partial charge in [0.15, 0.2) is 0 Å². The van der Waals surface area contributed by atoms with Gasteiger partial charge in [-0.2, -0.15) is 0 Å². The number of esters is 1. The van der Waals surface area contributed by atoms with Crippen LogP contribution in [0.25, 0.3) is 0 Å². The Morgan fingerprint density at radius 1 is 1.31 bits per heavy atom. The van der Waals surface area contributed by atoms with Crippen molar-refractivity contribution in [3.8, 4) is 0 Å². The highest BCUT2D eigenvalue weighted by Crippen LogP contribution is 2.41. The molecule has 0 spiro atoms. The third-order valence-electron chi connectivity index (χ3n) is 2.93. The van der Waals surface area contributed by atoms with Gasteiger partial charge in [0.2, 0.25) is 0 Å². The molecule has 0 radical (unpaired) electrons. The Morgan fingerprint density at radius 2 is 2.00 bits per heavy atom. The number of carbonyl (C=O) groups excluding carboxylic acids is 1. The normalized spacial score (nSPS) is 24.2. The quantitative estimate of drug-likeness (QED) is 0.561. The third kappa shape index (κ3) is 5.50. The van der Waals surface area contributed by atoms with E-state index in [-0.39, 0.29) is 11.6 Å². The van der Waals surface area contributed by atoms with Gasteiger partial charge in [-0.1, -0.05) is 12.8 Å². The maximum Gasteiger partial charge on any atom is 0.306 e. The standard InChI is InChI=1S/C13H24O3/c1-13(2,3)16-12(15)7-5-4-6-10-8-11(10)9-14/h10-11,14H,4-9H2,1-3H3/t10-,11+/m0/s1. The monoisotopic (exact) mass is 228 g/mol. The summed E-state index contributed by atoms with van der Waals surface area (Å²) in [7, 11) is 0. The van der Waals surface area contributed by atoms with E-state index in [0.717, 1.165) is 19.3 Å². The van der Waals surface area contributed by atoms with E-state index in [1.807, 2.05) is 20.8 Å². The van der Waals surface area contributed by atoms with Gasteiger partial charge < -0.3 is 9.84 Å². The molecule has 3 nitrogen and oxygen atoms in total. The van der Waals surface area contributed by atoms with Crippen molar-refractivity contribution in [1.29, 1.82) is 0 Å². The maximum absolute atomic E-state index is 11.4. The highest BCUT2D eigenvalue weighted by molar-refractivity contribution is 5.69. The van der Waals surface area contributed by atoms with Crippen LogP contribution in [-0.2, 0) is 9.53 Å². The first kappa shape index (κ1) is 13.5. The van der Waals surface area contributed by atoms with Crippen LogP contribution in [0.3, 0.4) is 0 Å². The fourth-order valence-electron chi connectivity index (χ4n) is 1.96. The first-order valence-electron chi connectivity index (χ1n) is 6.25. The molecule has 0 bridgehead atoms. The number of hydrogen-bond donors (Lipinski definition) is 1. The molecule has 1 N–H and O–H groups in total. The molecule has 2 atom stereocenters. The second-order valence-corrected chi connectivity index (χ2v) is 5.77. The smallest absolute Gasteiger partial charge is 0.306 e. The molecule has 0 amide bonds. The van der Waals surface area contributed by atoms with Gasteiger partial charge >= 0.3 is 5.97 Å². The molecule has 1 aliphatic carbocycles. The van der Waals surface area contributed by atoms with Crippen LogP contribution in [-0.4, -0.2) is 23.3 Å². The average Bonchev–Trinajstić information content (AvgIpc) is 2.88. The number of ether oxygens (including phenoxy) is 1. The predicted octanol–water partition coefficient (Wildman–Crippen LogP) is 2.52. The van der Waals surface area contributed by atoms with Gasteiger partial charge in [-0.15, -0.1) is 0 Å². The van der Waals surface area contributed by atoms with Crippen LogP contribution in [0, 0.1) is 11.8 Å². The van der Waals surface area contributed by atoms with Gasteiger partial charge in [-0.3, -0.25) is 4.79 Å². The van der Waals surface area contributed by atoms with Crippen LogP contribution in [0.15, 0.2) is 0 Å². The van der Waals surface area contributed by atoms with Crippen molar-refractivity contribution < 1.29 is 14.6 Å². The van der Waals surface area contributed by atoms with Crippen molar-refractivity contribution in [2.24, 2.45) is 11.8 Å². The van der Waals surface area contributed by atoms with Crippen molar-refractivity contribution in [1.82, 2.24) is 0 Å². The van der Waals surface area contributed by atoms with Crippen molar-refractivity contribution in [3.63, 3.8) is 0 Å². The summed E-state index contributed by atoms with van der Waals surface area (Å²) in [6.07, 6.45) is 4.81. The van der Waals surface area contributed by atoms with E-state index >= 15 is 0 Å². The van der Waals surface area contributed by atoms with Crippen LogP contribution < -0.4 is 0 Å². The number of hydrogen-bond acceptors (Lipinski definition) is 3. The zero-order valence-electron chi connectivity index (χ0n) is 10.7. The van der Waals surface area contributed by atoms with Crippen molar-refractivity contribution in [3.05, 3.63) is 0 Å². The number of aliphatic hydroxyl groups is 1. The van der Waals surface area contributed by atoms with Crippen LogP contribution in [0.4, 0.5) is 0 Å². The van der Waals surface area contributed by atoms with Crippen LogP contribution >= 0.6 is 0 Å². The van der Waals surface area contributed by atoms with Gasteiger partial charge in [0.1, 0.15) is 5.60 Å². The Kier molecular flexibility index (Phi) is 4.78. The molecular formula is C13H24O3. The second kappa shape index (κ2) is 5.67. The molecule has 0 aromatic heterocycles. The summed E-state index contributed by atoms with van der Waals surface area (Å²) in [5, 5.41) is 8.87. The molecule has 1 saturated carbocycles. The fourth-order valence-corrected chi connectivity index (χ4v) is 1.96. The Labute approximate surface area is 98.2 Å². The highest BCUT2D eigenvalue weighted by Gasteiger charge is 2.35. The van der Waals surface area contributed by atoms with E-state index in [0.29, 0.717) is 24.9 Å². The van der Waals surface area contributed by atoms with E-state index < -0.39 is 0 Å². The number of rotatable bonds is 6. The highest BCUT2D eigenvalue weighted by atomic mass is 16.6. The second-order valence-electron chi connectivity index (χ2n) is 5.77. The summed E-state index contributed by atoms with van der Waals surface area (Å²) in [6.45, 7) is 6.00. The predicted molar refractivity (Wildman–Crippen MR) is 63.0 cm³/mol. The Balaban J connectivity index is 1.97. The lowest BCUT2D eigenvalue weighted by Gasteiger charge is -2.19. The summed E-state index contributed by atoms with van der Waals surface area (Å²) in [4.78, 5) is 11.4. The molecule has 1 fully saturated rings.